The summed E-state index contributed by atoms with van der Waals surface area (Å²) < 4.78 is 29.8. The fraction of sp³-hybridized carbons (Fsp3) is 0.750. The lowest BCUT2D eigenvalue weighted by molar-refractivity contribution is -0.240. The largest absolute Gasteiger partial charge is 0.493 e. The number of azide groups is 1. The monoisotopic (exact) mass is 447 g/mol. The molecule has 2 aliphatic rings. The maximum atomic E-state index is 8.79. The van der Waals surface area contributed by atoms with Crippen LogP contribution in [-0.2, 0) is 14.9 Å². The number of hydrogen-bond donors (Lipinski definition) is 0. The first kappa shape index (κ1) is 24.5. The van der Waals surface area contributed by atoms with E-state index in [4.69, 9.17) is 29.2 Å². The number of rotatable bonds is 8. The van der Waals surface area contributed by atoms with Crippen LogP contribution in [0.2, 0.25) is 0 Å². The van der Waals surface area contributed by atoms with E-state index in [9.17, 15) is 0 Å². The van der Waals surface area contributed by atoms with Gasteiger partial charge in [-0.1, -0.05) is 25.9 Å². The van der Waals surface area contributed by atoms with Crippen molar-refractivity contribution in [1.29, 1.82) is 0 Å². The Morgan fingerprint density at radius 3 is 2.22 bits per heavy atom. The van der Waals surface area contributed by atoms with Gasteiger partial charge in [-0.15, -0.1) is 0 Å². The first-order valence-corrected chi connectivity index (χ1v) is 11.4. The summed E-state index contributed by atoms with van der Waals surface area (Å²) in [5, 5.41) is 3.79. The molecule has 0 N–H and O–H groups in total. The molecule has 0 amide bonds. The SMILES string of the molecule is COc1cc([C@@]2(CCCN=[N+]=[N-])C[C@@H](C(C)(C)C)CCC23OCCO3)cc(OC)c1OC. The van der Waals surface area contributed by atoms with Crippen molar-refractivity contribution >= 4 is 0 Å². The Bertz CT molecular complexity index is 816. The predicted octanol–water partition coefficient (Wildman–Crippen LogP) is 5.63. The molecule has 32 heavy (non-hydrogen) atoms. The molecule has 1 aliphatic carbocycles. The predicted molar refractivity (Wildman–Crippen MR) is 122 cm³/mol. The summed E-state index contributed by atoms with van der Waals surface area (Å²) in [6.07, 6.45) is 4.23. The van der Waals surface area contributed by atoms with Crippen molar-refractivity contribution in [1.82, 2.24) is 0 Å². The first-order chi connectivity index (χ1) is 15.3. The Morgan fingerprint density at radius 1 is 1.09 bits per heavy atom. The molecule has 8 nitrogen and oxygen atoms in total. The molecule has 1 heterocycles. The van der Waals surface area contributed by atoms with Crippen LogP contribution in [0.4, 0.5) is 0 Å². The number of hydrogen-bond acceptors (Lipinski definition) is 6. The zero-order chi connectivity index (χ0) is 23.4. The van der Waals surface area contributed by atoms with E-state index in [2.05, 4.69) is 30.8 Å². The fourth-order valence-corrected chi connectivity index (χ4v) is 5.52. The summed E-state index contributed by atoms with van der Waals surface area (Å²) in [5.41, 5.74) is 9.53. The lowest BCUT2D eigenvalue weighted by Crippen LogP contribution is -2.57. The van der Waals surface area contributed by atoms with E-state index in [0.717, 1.165) is 37.7 Å². The van der Waals surface area contributed by atoms with Gasteiger partial charge in [-0.3, -0.25) is 0 Å². The van der Waals surface area contributed by atoms with Gasteiger partial charge in [0, 0.05) is 23.3 Å². The molecule has 1 aliphatic heterocycles. The lowest BCUT2D eigenvalue weighted by atomic mass is 9.55. The molecule has 0 aromatic heterocycles. The van der Waals surface area contributed by atoms with E-state index in [-0.39, 0.29) is 5.41 Å². The van der Waals surface area contributed by atoms with Gasteiger partial charge >= 0.3 is 0 Å². The van der Waals surface area contributed by atoms with Crippen molar-refractivity contribution in [2.45, 2.75) is 64.1 Å². The Kier molecular flexibility index (Phi) is 7.48. The van der Waals surface area contributed by atoms with Crippen molar-refractivity contribution < 1.29 is 23.7 Å². The fourth-order valence-electron chi connectivity index (χ4n) is 5.52. The second kappa shape index (κ2) is 9.77. The van der Waals surface area contributed by atoms with Crippen molar-refractivity contribution in [3.63, 3.8) is 0 Å². The third kappa shape index (κ3) is 4.36. The second-order valence-corrected chi connectivity index (χ2v) is 9.81. The molecule has 1 saturated heterocycles. The van der Waals surface area contributed by atoms with E-state index < -0.39 is 11.2 Å². The summed E-state index contributed by atoms with van der Waals surface area (Å²) in [6, 6.07) is 4.07. The molecule has 3 rings (SSSR count). The van der Waals surface area contributed by atoms with Crippen LogP contribution in [0.5, 0.6) is 17.2 Å². The van der Waals surface area contributed by atoms with Crippen LogP contribution in [0.25, 0.3) is 10.4 Å². The van der Waals surface area contributed by atoms with Gasteiger partial charge in [-0.25, -0.2) is 0 Å². The minimum Gasteiger partial charge on any atom is -0.493 e. The molecule has 0 unspecified atom stereocenters. The molecule has 0 bridgehead atoms. The van der Waals surface area contributed by atoms with Crippen LogP contribution in [0.3, 0.4) is 0 Å². The molecule has 8 heteroatoms. The molecule has 1 aromatic carbocycles. The van der Waals surface area contributed by atoms with E-state index >= 15 is 0 Å². The number of methoxy groups -OCH3 is 3. The molecule has 0 radical (unpaired) electrons. The average Bonchev–Trinajstić information content (AvgIpc) is 3.25. The third-order valence-corrected chi connectivity index (χ3v) is 7.27. The Morgan fingerprint density at radius 2 is 1.72 bits per heavy atom. The summed E-state index contributed by atoms with van der Waals surface area (Å²) in [5.74, 6) is 1.54. The minimum atomic E-state index is -0.726. The van der Waals surface area contributed by atoms with E-state index in [1.807, 2.05) is 12.1 Å². The molecule has 178 valence electrons. The number of nitrogens with zero attached hydrogens (tertiary/aromatic N) is 3. The lowest BCUT2D eigenvalue weighted by Gasteiger charge is -2.55. The maximum absolute atomic E-state index is 8.79. The van der Waals surface area contributed by atoms with E-state index in [1.54, 1.807) is 21.3 Å². The summed E-state index contributed by atoms with van der Waals surface area (Å²) >= 11 is 0. The van der Waals surface area contributed by atoms with Crippen LogP contribution < -0.4 is 14.2 Å². The van der Waals surface area contributed by atoms with Crippen LogP contribution in [0, 0.1) is 11.3 Å². The molecule has 1 saturated carbocycles. The Hall–Kier alpha value is -2.15. The highest BCUT2D eigenvalue weighted by atomic mass is 16.7. The number of ether oxygens (including phenoxy) is 5. The summed E-state index contributed by atoms with van der Waals surface area (Å²) in [7, 11) is 4.87. The normalized spacial score (nSPS) is 24.8. The highest BCUT2D eigenvalue weighted by molar-refractivity contribution is 5.56. The Labute approximate surface area is 191 Å². The van der Waals surface area contributed by atoms with Gasteiger partial charge in [0.15, 0.2) is 17.3 Å². The van der Waals surface area contributed by atoms with Gasteiger partial charge in [-0.05, 0) is 60.2 Å². The van der Waals surface area contributed by atoms with E-state index in [1.165, 1.54) is 0 Å². The zero-order valence-electron chi connectivity index (χ0n) is 20.3. The van der Waals surface area contributed by atoms with Crippen LogP contribution in [0.1, 0.15) is 58.4 Å². The molecular weight excluding hydrogens is 410 g/mol. The van der Waals surface area contributed by atoms with Gasteiger partial charge in [0.2, 0.25) is 5.75 Å². The highest BCUT2D eigenvalue weighted by Crippen LogP contribution is 2.59. The standard InChI is InChI=1S/C24H37N3O5/c1-22(2,3)17-8-10-24(31-12-13-32-24)23(16-17,9-7-11-26-27-25)18-14-19(28-4)21(30-6)20(15-18)29-5/h14-15,17H,7-13,16H2,1-6H3/t17-,23+/m0/s1. The van der Waals surface area contributed by atoms with Gasteiger partial charge in [0.25, 0.3) is 0 Å². The molecular formula is C24H37N3O5. The van der Waals surface area contributed by atoms with Crippen molar-refractivity contribution in [2.24, 2.45) is 16.4 Å². The third-order valence-electron chi connectivity index (χ3n) is 7.27. The number of benzene rings is 1. The smallest absolute Gasteiger partial charge is 0.203 e. The molecule has 2 fully saturated rings. The maximum Gasteiger partial charge on any atom is 0.203 e. The molecule has 2 atom stereocenters. The van der Waals surface area contributed by atoms with Crippen LogP contribution in [-0.4, -0.2) is 46.9 Å². The van der Waals surface area contributed by atoms with Crippen molar-refractivity contribution in [3.8, 4) is 17.2 Å². The van der Waals surface area contributed by atoms with E-state index in [0.29, 0.717) is 42.9 Å². The van der Waals surface area contributed by atoms with Gasteiger partial charge < -0.3 is 23.7 Å². The second-order valence-electron chi connectivity index (χ2n) is 9.81. The van der Waals surface area contributed by atoms with Crippen molar-refractivity contribution in [3.05, 3.63) is 28.1 Å². The highest BCUT2D eigenvalue weighted by Gasteiger charge is 2.60. The Balaban J connectivity index is 2.20. The zero-order valence-corrected chi connectivity index (χ0v) is 20.3. The van der Waals surface area contributed by atoms with Crippen LogP contribution >= 0.6 is 0 Å². The van der Waals surface area contributed by atoms with Gasteiger partial charge in [0.1, 0.15) is 0 Å². The summed E-state index contributed by atoms with van der Waals surface area (Å²) in [6.45, 7) is 8.47. The quantitative estimate of drug-likeness (QED) is 0.223. The topological polar surface area (TPSA) is 94.9 Å². The summed E-state index contributed by atoms with van der Waals surface area (Å²) in [4.78, 5) is 2.94. The van der Waals surface area contributed by atoms with Crippen LogP contribution in [0.15, 0.2) is 17.2 Å². The van der Waals surface area contributed by atoms with Gasteiger partial charge in [0.05, 0.1) is 34.5 Å². The molecule has 1 aromatic rings. The first-order valence-electron chi connectivity index (χ1n) is 11.4. The van der Waals surface area contributed by atoms with Gasteiger partial charge in [-0.2, -0.15) is 0 Å². The average molecular weight is 448 g/mol. The molecule has 1 spiro atoms. The van der Waals surface area contributed by atoms with Crippen molar-refractivity contribution in [2.75, 3.05) is 41.1 Å². The minimum absolute atomic E-state index is 0.136.